The summed E-state index contributed by atoms with van der Waals surface area (Å²) in [6.07, 6.45) is 10.5. The third kappa shape index (κ3) is 2.83. The number of nitrogens with zero attached hydrogens (tertiary/aromatic N) is 2. The zero-order valence-electron chi connectivity index (χ0n) is 15.2. The number of benzene rings is 1. The molecule has 4 bridgehead atoms. The van der Waals surface area contributed by atoms with E-state index < -0.39 is 0 Å². The van der Waals surface area contributed by atoms with Crippen LogP contribution in [0.15, 0.2) is 40.8 Å². The Morgan fingerprint density at radius 1 is 1.07 bits per heavy atom. The van der Waals surface area contributed by atoms with E-state index >= 15 is 0 Å². The number of thiophene rings is 1. The van der Waals surface area contributed by atoms with Gasteiger partial charge in [0, 0.05) is 20.4 Å². The van der Waals surface area contributed by atoms with Gasteiger partial charge in [0.2, 0.25) is 5.13 Å². The van der Waals surface area contributed by atoms with Crippen molar-refractivity contribution < 1.29 is 0 Å². The fraction of sp³-hybridized carbons (Fsp3) is 0.455. The lowest BCUT2D eigenvalue weighted by Crippen LogP contribution is -2.48. The number of thiazole rings is 1. The van der Waals surface area contributed by atoms with Crippen LogP contribution in [0.3, 0.4) is 0 Å². The average Bonchev–Trinajstić information content (AvgIpc) is 3.27. The minimum absolute atomic E-state index is 0.375. The summed E-state index contributed by atoms with van der Waals surface area (Å²) in [7, 11) is 0. The molecule has 0 spiro atoms. The molecule has 4 saturated carbocycles. The van der Waals surface area contributed by atoms with Gasteiger partial charge in [-0.3, -0.25) is 5.43 Å². The SMILES string of the molecule is C(=N\Nc1nc(C23CC4CC(CC(C4)C2)C3)cs1)/c1cc2ccccc2s1. The zero-order valence-corrected chi connectivity index (χ0v) is 16.9. The minimum atomic E-state index is 0.375. The number of rotatable bonds is 4. The van der Waals surface area contributed by atoms with Crippen LogP contribution in [0.1, 0.15) is 49.1 Å². The summed E-state index contributed by atoms with van der Waals surface area (Å²) in [6.45, 7) is 0. The van der Waals surface area contributed by atoms with E-state index in [0.29, 0.717) is 5.41 Å². The van der Waals surface area contributed by atoms with Crippen molar-refractivity contribution in [3.05, 3.63) is 46.3 Å². The van der Waals surface area contributed by atoms with E-state index in [1.54, 1.807) is 22.7 Å². The molecule has 3 nitrogen and oxygen atoms in total. The van der Waals surface area contributed by atoms with Gasteiger partial charge < -0.3 is 0 Å². The molecule has 0 saturated heterocycles. The zero-order chi connectivity index (χ0) is 17.8. The highest BCUT2D eigenvalue weighted by molar-refractivity contribution is 7.20. The van der Waals surface area contributed by atoms with Gasteiger partial charge in [-0.05, 0) is 73.8 Å². The second-order valence-corrected chi connectivity index (χ2v) is 10.8. The molecule has 4 aliphatic carbocycles. The van der Waals surface area contributed by atoms with Crippen LogP contribution in [0.25, 0.3) is 10.1 Å². The molecule has 0 aliphatic heterocycles. The Morgan fingerprint density at radius 3 is 2.56 bits per heavy atom. The molecule has 3 aromatic rings. The smallest absolute Gasteiger partial charge is 0.203 e. The average molecular weight is 394 g/mol. The van der Waals surface area contributed by atoms with Crippen LogP contribution in [0, 0.1) is 17.8 Å². The fourth-order valence-electron chi connectivity index (χ4n) is 6.21. The van der Waals surface area contributed by atoms with Crippen LogP contribution >= 0.6 is 22.7 Å². The van der Waals surface area contributed by atoms with Crippen molar-refractivity contribution in [2.24, 2.45) is 22.9 Å². The molecule has 1 aromatic carbocycles. The Morgan fingerprint density at radius 2 is 1.81 bits per heavy atom. The van der Waals surface area contributed by atoms with E-state index in [0.717, 1.165) is 22.9 Å². The number of fused-ring (bicyclic) bond motifs is 1. The maximum atomic E-state index is 4.97. The highest BCUT2D eigenvalue weighted by Crippen LogP contribution is 2.60. The van der Waals surface area contributed by atoms with E-state index in [4.69, 9.17) is 4.98 Å². The summed E-state index contributed by atoms with van der Waals surface area (Å²) in [6, 6.07) is 10.7. The van der Waals surface area contributed by atoms with Crippen molar-refractivity contribution in [2.75, 3.05) is 5.43 Å². The second-order valence-electron chi connectivity index (χ2n) is 8.79. The van der Waals surface area contributed by atoms with Crippen molar-refractivity contribution in [1.29, 1.82) is 0 Å². The Labute approximate surface area is 167 Å². The molecule has 138 valence electrons. The van der Waals surface area contributed by atoms with E-state index in [1.165, 1.54) is 59.2 Å². The van der Waals surface area contributed by atoms with Gasteiger partial charge >= 0.3 is 0 Å². The molecule has 0 unspecified atom stereocenters. The van der Waals surface area contributed by atoms with Gasteiger partial charge in [-0.15, -0.1) is 22.7 Å². The first-order valence-electron chi connectivity index (χ1n) is 9.99. The first-order valence-corrected chi connectivity index (χ1v) is 11.7. The number of hydrazone groups is 1. The summed E-state index contributed by atoms with van der Waals surface area (Å²) < 4.78 is 1.30. The van der Waals surface area contributed by atoms with Crippen LogP contribution in [-0.2, 0) is 5.41 Å². The quantitative estimate of drug-likeness (QED) is 0.419. The summed E-state index contributed by atoms with van der Waals surface area (Å²) in [4.78, 5) is 6.14. The standard InChI is InChI=1S/C22H23N3S2/c1-2-4-19-17(3-1)8-18(27-19)12-23-25-21-24-20(13-26-21)22-9-14-5-15(10-22)7-16(6-14)11-22/h1-4,8,12-16H,5-7,9-11H2,(H,24,25)/b23-12+. The van der Waals surface area contributed by atoms with Crippen LogP contribution in [0.5, 0.6) is 0 Å². The molecule has 7 rings (SSSR count). The number of hydrogen-bond donors (Lipinski definition) is 1. The molecule has 2 heterocycles. The van der Waals surface area contributed by atoms with Crippen LogP contribution in [-0.4, -0.2) is 11.2 Å². The molecular weight excluding hydrogens is 370 g/mol. The summed E-state index contributed by atoms with van der Waals surface area (Å²) in [5, 5.41) is 8.95. The van der Waals surface area contributed by atoms with E-state index in [9.17, 15) is 0 Å². The summed E-state index contributed by atoms with van der Waals surface area (Å²) in [5.41, 5.74) is 4.89. The van der Waals surface area contributed by atoms with Crippen molar-refractivity contribution in [2.45, 2.75) is 43.9 Å². The Kier molecular flexibility index (Phi) is 3.70. The predicted octanol–water partition coefficient (Wildman–Crippen LogP) is 6.27. The molecule has 2 aromatic heterocycles. The fourth-order valence-corrected chi connectivity index (χ4v) is 7.93. The summed E-state index contributed by atoms with van der Waals surface area (Å²) in [5.74, 6) is 2.88. The monoisotopic (exact) mass is 393 g/mol. The van der Waals surface area contributed by atoms with Gasteiger partial charge in [-0.2, -0.15) is 5.10 Å². The largest absolute Gasteiger partial charge is 0.253 e. The lowest BCUT2D eigenvalue weighted by molar-refractivity contribution is -0.00688. The molecule has 1 N–H and O–H groups in total. The molecule has 0 radical (unpaired) electrons. The topological polar surface area (TPSA) is 37.3 Å². The van der Waals surface area contributed by atoms with Gasteiger partial charge in [-0.1, -0.05) is 18.2 Å². The number of aromatic nitrogens is 1. The lowest BCUT2D eigenvalue weighted by Gasteiger charge is -2.56. The molecule has 0 amide bonds. The minimum Gasteiger partial charge on any atom is -0.253 e. The Bertz CT molecular complexity index is 947. The number of anilines is 1. The van der Waals surface area contributed by atoms with Gasteiger partial charge in [-0.25, -0.2) is 4.98 Å². The molecule has 4 aliphatic rings. The molecule has 27 heavy (non-hydrogen) atoms. The van der Waals surface area contributed by atoms with Crippen molar-refractivity contribution in [1.82, 2.24) is 4.98 Å². The first kappa shape index (κ1) is 16.3. The molecule has 4 fully saturated rings. The Balaban J connectivity index is 1.19. The maximum absolute atomic E-state index is 4.97. The van der Waals surface area contributed by atoms with Crippen LogP contribution in [0.2, 0.25) is 0 Å². The highest BCUT2D eigenvalue weighted by atomic mass is 32.1. The van der Waals surface area contributed by atoms with Crippen LogP contribution < -0.4 is 5.43 Å². The molecule has 0 atom stereocenters. The van der Waals surface area contributed by atoms with Crippen molar-refractivity contribution in [3.63, 3.8) is 0 Å². The second kappa shape index (κ2) is 6.14. The van der Waals surface area contributed by atoms with Crippen LogP contribution in [0.4, 0.5) is 5.13 Å². The molecule has 5 heteroatoms. The number of hydrogen-bond acceptors (Lipinski definition) is 5. The Hall–Kier alpha value is -1.72. The van der Waals surface area contributed by atoms with Crippen molar-refractivity contribution in [3.8, 4) is 0 Å². The van der Waals surface area contributed by atoms with E-state index in [1.807, 2.05) is 6.21 Å². The highest BCUT2D eigenvalue weighted by Gasteiger charge is 2.52. The lowest BCUT2D eigenvalue weighted by atomic mass is 9.49. The molecular formula is C22H23N3S2. The number of nitrogens with one attached hydrogen (secondary N) is 1. The van der Waals surface area contributed by atoms with Crippen molar-refractivity contribution >= 4 is 44.1 Å². The van der Waals surface area contributed by atoms with Gasteiger partial charge in [0.1, 0.15) is 0 Å². The van der Waals surface area contributed by atoms with E-state index in [-0.39, 0.29) is 0 Å². The third-order valence-electron chi connectivity index (χ3n) is 6.88. The van der Waals surface area contributed by atoms with Gasteiger partial charge in [0.05, 0.1) is 11.9 Å². The maximum Gasteiger partial charge on any atom is 0.203 e. The third-order valence-corrected chi connectivity index (χ3v) is 8.68. The predicted molar refractivity (Wildman–Crippen MR) is 115 cm³/mol. The normalized spacial score (nSPS) is 31.9. The van der Waals surface area contributed by atoms with Gasteiger partial charge in [0.15, 0.2) is 0 Å². The summed E-state index contributed by atoms with van der Waals surface area (Å²) >= 11 is 3.48. The van der Waals surface area contributed by atoms with E-state index in [2.05, 4.69) is 46.2 Å². The first-order chi connectivity index (χ1) is 13.3. The van der Waals surface area contributed by atoms with Gasteiger partial charge in [0.25, 0.3) is 0 Å².